The number of nitrogens with one attached hydrogen (secondary N) is 1. The first-order valence-corrected chi connectivity index (χ1v) is 6.26. The van der Waals surface area contributed by atoms with Crippen LogP contribution in [-0.4, -0.2) is 18.8 Å². The van der Waals surface area contributed by atoms with Crippen molar-refractivity contribution >= 4 is 0 Å². The minimum atomic E-state index is -4.42. The summed E-state index contributed by atoms with van der Waals surface area (Å²) < 4.78 is 67.5. The lowest BCUT2D eigenvalue weighted by Gasteiger charge is -2.11. The number of hydrogen-bond acceptors (Lipinski definition) is 2. The Morgan fingerprint density at radius 2 is 1.75 bits per heavy atom. The molecule has 0 radical (unpaired) electrons. The van der Waals surface area contributed by atoms with Gasteiger partial charge in [-0.05, 0) is 30.5 Å². The molecule has 7 heteroatoms. The van der Waals surface area contributed by atoms with E-state index in [1.807, 2.05) is 0 Å². The lowest BCUT2D eigenvalue weighted by atomic mass is 10.2. The number of hydrogen-bond donors (Lipinski definition) is 1. The van der Waals surface area contributed by atoms with Crippen molar-refractivity contribution in [1.82, 2.24) is 5.32 Å². The van der Waals surface area contributed by atoms with E-state index in [1.54, 1.807) is 0 Å². The van der Waals surface area contributed by atoms with E-state index in [2.05, 4.69) is 10.1 Å². The van der Waals surface area contributed by atoms with Crippen LogP contribution in [-0.2, 0) is 6.54 Å². The normalized spacial score (nSPS) is 15.4. The van der Waals surface area contributed by atoms with Gasteiger partial charge in [0.05, 0.1) is 13.0 Å². The number of alkyl halides is 3. The summed E-state index contributed by atoms with van der Waals surface area (Å²) in [7, 11) is 0. The van der Waals surface area contributed by atoms with E-state index < -0.39 is 36.6 Å². The standard InChI is InChI=1S/C13H14F5NO/c14-10-5-8(7-19-9-1-2-9)6-11(15)12(10)20-4-3-13(16,17)18/h5-6,9,19H,1-4,7H2. The maximum atomic E-state index is 13.6. The highest BCUT2D eigenvalue weighted by atomic mass is 19.4. The van der Waals surface area contributed by atoms with Gasteiger partial charge in [0.1, 0.15) is 0 Å². The summed E-state index contributed by atoms with van der Waals surface area (Å²) in [5, 5.41) is 3.09. The third-order valence-electron chi connectivity index (χ3n) is 2.86. The molecule has 0 saturated heterocycles. The van der Waals surface area contributed by atoms with E-state index in [0.29, 0.717) is 18.2 Å². The van der Waals surface area contributed by atoms with Gasteiger partial charge in [-0.15, -0.1) is 0 Å². The molecule has 1 saturated carbocycles. The molecule has 1 N–H and O–H groups in total. The van der Waals surface area contributed by atoms with Crippen LogP contribution >= 0.6 is 0 Å². The molecule has 0 heterocycles. The molecule has 0 atom stereocenters. The quantitative estimate of drug-likeness (QED) is 0.810. The minimum Gasteiger partial charge on any atom is -0.487 e. The molecule has 1 aromatic carbocycles. The molecule has 112 valence electrons. The van der Waals surface area contributed by atoms with Gasteiger partial charge in [-0.25, -0.2) is 8.78 Å². The maximum absolute atomic E-state index is 13.6. The SMILES string of the molecule is Fc1cc(CNC2CC2)cc(F)c1OCCC(F)(F)F. The number of benzene rings is 1. The third kappa shape index (κ3) is 4.63. The predicted octanol–water partition coefficient (Wildman–Crippen LogP) is 3.55. The van der Waals surface area contributed by atoms with Crippen LogP contribution in [0.25, 0.3) is 0 Å². The molecule has 1 aliphatic rings. The Hall–Kier alpha value is -1.37. The molecule has 0 spiro atoms. The highest BCUT2D eigenvalue weighted by molar-refractivity contribution is 5.31. The monoisotopic (exact) mass is 295 g/mol. The molecule has 0 bridgehead atoms. The molecule has 2 rings (SSSR count). The summed E-state index contributed by atoms with van der Waals surface area (Å²) in [5.74, 6) is -2.73. The van der Waals surface area contributed by atoms with Crippen molar-refractivity contribution in [2.75, 3.05) is 6.61 Å². The van der Waals surface area contributed by atoms with Gasteiger partial charge in [-0.1, -0.05) is 0 Å². The Morgan fingerprint density at radius 3 is 2.25 bits per heavy atom. The van der Waals surface area contributed by atoms with Crippen LogP contribution in [0, 0.1) is 11.6 Å². The van der Waals surface area contributed by atoms with Gasteiger partial charge in [0.2, 0.25) is 0 Å². The molecule has 1 aromatic rings. The fourth-order valence-corrected chi connectivity index (χ4v) is 1.67. The summed E-state index contributed by atoms with van der Waals surface area (Å²) in [6.07, 6.45) is -3.58. The average Bonchev–Trinajstić information content (AvgIpc) is 3.12. The number of rotatable bonds is 6. The van der Waals surface area contributed by atoms with Crippen LogP contribution in [0.4, 0.5) is 22.0 Å². The summed E-state index contributed by atoms with van der Waals surface area (Å²) in [6.45, 7) is -0.488. The summed E-state index contributed by atoms with van der Waals surface area (Å²) in [4.78, 5) is 0. The molecule has 20 heavy (non-hydrogen) atoms. The van der Waals surface area contributed by atoms with E-state index in [0.717, 1.165) is 25.0 Å². The van der Waals surface area contributed by atoms with Crippen molar-refractivity contribution < 1.29 is 26.7 Å². The number of ether oxygens (including phenoxy) is 1. The van der Waals surface area contributed by atoms with Gasteiger partial charge >= 0.3 is 6.18 Å². The van der Waals surface area contributed by atoms with Gasteiger partial charge in [0.15, 0.2) is 17.4 Å². The smallest absolute Gasteiger partial charge is 0.392 e. The van der Waals surface area contributed by atoms with Crippen molar-refractivity contribution in [3.8, 4) is 5.75 Å². The zero-order valence-electron chi connectivity index (χ0n) is 10.6. The topological polar surface area (TPSA) is 21.3 Å². The Kier molecular flexibility index (Phi) is 4.47. The zero-order chi connectivity index (χ0) is 14.8. The molecule has 0 aromatic heterocycles. The van der Waals surface area contributed by atoms with Gasteiger partial charge in [-0.3, -0.25) is 0 Å². The van der Waals surface area contributed by atoms with Crippen LogP contribution in [0.2, 0.25) is 0 Å². The first-order chi connectivity index (χ1) is 9.35. The first-order valence-electron chi connectivity index (χ1n) is 6.26. The van der Waals surface area contributed by atoms with Gasteiger partial charge in [0.25, 0.3) is 0 Å². The predicted molar refractivity (Wildman–Crippen MR) is 62.4 cm³/mol. The van der Waals surface area contributed by atoms with Crippen molar-refractivity contribution in [2.45, 2.75) is 38.0 Å². The number of halogens is 5. The van der Waals surface area contributed by atoms with Crippen LogP contribution < -0.4 is 10.1 Å². The van der Waals surface area contributed by atoms with Gasteiger partial charge < -0.3 is 10.1 Å². The van der Waals surface area contributed by atoms with Crippen molar-refractivity contribution in [1.29, 1.82) is 0 Å². The van der Waals surface area contributed by atoms with Crippen LogP contribution in [0.1, 0.15) is 24.8 Å². The first kappa shape index (κ1) is 15.0. The van der Waals surface area contributed by atoms with Gasteiger partial charge in [-0.2, -0.15) is 13.2 Å². The Balaban J connectivity index is 1.94. The van der Waals surface area contributed by atoms with E-state index in [4.69, 9.17) is 0 Å². The molecule has 2 nitrogen and oxygen atoms in total. The fourth-order valence-electron chi connectivity index (χ4n) is 1.67. The average molecular weight is 295 g/mol. The highest BCUT2D eigenvalue weighted by Gasteiger charge is 2.27. The molecule has 0 aliphatic heterocycles. The van der Waals surface area contributed by atoms with Crippen LogP contribution in [0.15, 0.2) is 12.1 Å². The molecule has 0 amide bonds. The second kappa shape index (κ2) is 5.95. The van der Waals surface area contributed by atoms with E-state index in [9.17, 15) is 22.0 Å². The largest absolute Gasteiger partial charge is 0.487 e. The van der Waals surface area contributed by atoms with Crippen molar-refractivity contribution in [3.05, 3.63) is 29.3 Å². The van der Waals surface area contributed by atoms with Gasteiger partial charge in [0, 0.05) is 12.6 Å². The summed E-state index contributed by atoms with van der Waals surface area (Å²) in [5.41, 5.74) is 0.398. The lowest BCUT2D eigenvalue weighted by Crippen LogP contribution is -2.16. The molecular formula is C13H14F5NO. The maximum Gasteiger partial charge on any atom is 0.392 e. The Bertz CT molecular complexity index is 447. The van der Waals surface area contributed by atoms with Crippen molar-refractivity contribution in [2.24, 2.45) is 0 Å². The second-order valence-electron chi connectivity index (χ2n) is 4.76. The highest BCUT2D eigenvalue weighted by Crippen LogP contribution is 2.26. The molecular weight excluding hydrogens is 281 g/mol. The fraction of sp³-hybridized carbons (Fsp3) is 0.538. The van der Waals surface area contributed by atoms with Crippen molar-refractivity contribution in [3.63, 3.8) is 0 Å². The van der Waals surface area contributed by atoms with E-state index in [-0.39, 0.29) is 0 Å². The molecule has 1 aliphatic carbocycles. The molecule has 1 fully saturated rings. The van der Waals surface area contributed by atoms with E-state index in [1.165, 1.54) is 0 Å². The Morgan fingerprint density at radius 1 is 1.15 bits per heavy atom. The lowest BCUT2D eigenvalue weighted by molar-refractivity contribution is -0.139. The second-order valence-corrected chi connectivity index (χ2v) is 4.76. The zero-order valence-corrected chi connectivity index (χ0v) is 10.6. The summed E-state index contributed by atoms with van der Waals surface area (Å²) >= 11 is 0. The van der Waals surface area contributed by atoms with E-state index >= 15 is 0 Å². The Labute approximate surface area is 112 Å². The van der Waals surface area contributed by atoms with Crippen LogP contribution in [0.5, 0.6) is 5.75 Å². The summed E-state index contributed by atoms with van der Waals surface area (Å²) in [6, 6.07) is 2.53. The minimum absolute atomic E-state index is 0.321. The third-order valence-corrected chi connectivity index (χ3v) is 2.86. The van der Waals surface area contributed by atoms with Crippen LogP contribution in [0.3, 0.4) is 0 Å². The molecule has 0 unspecified atom stereocenters.